The highest BCUT2D eigenvalue weighted by Crippen LogP contribution is 2.25. The molecule has 1 aromatic heterocycles. The molecule has 2 rings (SSSR count). The van der Waals surface area contributed by atoms with E-state index in [9.17, 15) is 9.18 Å². The first kappa shape index (κ1) is 13.3. The van der Waals surface area contributed by atoms with Crippen molar-refractivity contribution in [3.05, 3.63) is 41.5 Å². The van der Waals surface area contributed by atoms with E-state index < -0.39 is 11.8 Å². The van der Waals surface area contributed by atoms with Crippen molar-refractivity contribution >= 4 is 5.97 Å². The quantitative estimate of drug-likeness (QED) is 0.795. The Bertz CT molecular complexity index is 592. The third-order valence-electron chi connectivity index (χ3n) is 2.60. The average Bonchev–Trinajstić information content (AvgIpc) is 2.83. The van der Waals surface area contributed by atoms with Crippen molar-refractivity contribution in [3.63, 3.8) is 0 Å². The first-order valence-corrected chi connectivity index (χ1v) is 6.09. The standard InChI is InChI=1S/C14H14FNO3/c1-3-11-12(14(17)18-4-2)19-13(16-11)9-7-5-6-8-10(9)15/h5-8H,3-4H2,1-2H3. The van der Waals surface area contributed by atoms with Crippen LogP contribution in [0.3, 0.4) is 0 Å². The van der Waals surface area contributed by atoms with Gasteiger partial charge < -0.3 is 9.15 Å². The molecule has 0 aliphatic rings. The van der Waals surface area contributed by atoms with Crippen molar-refractivity contribution in [2.75, 3.05) is 6.61 Å². The van der Waals surface area contributed by atoms with E-state index in [1.807, 2.05) is 6.92 Å². The van der Waals surface area contributed by atoms with Crippen molar-refractivity contribution in [2.24, 2.45) is 0 Å². The highest BCUT2D eigenvalue weighted by atomic mass is 19.1. The van der Waals surface area contributed by atoms with Crippen LogP contribution in [-0.4, -0.2) is 17.6 Å². The van der Waals surface area contributed by atoms with Crippen LogP contribution in [0.1, 0.15) is 30.1 Å². The lowest BCUT2D eigenvalue weighted by Gasteiger charge is -1.98. The van der Waals surface area contributed by atoms with Crippen LogP contribution in [-0.2, 0) is 11.2 Å². The molecule has 0 saturated heterocycles. The topological polar surface area (TPSA) is 52.3 Å². The molecule has 0 saturated carbocycles. The number of aromatic nitrogens is 1. The van der Waals surface area contributed by atoms with Gasteiger partial charge in [-0.05, 0) is 25.5 Å². The molecule has 0 spiro atoms. The van der Waals surface area contributed by atoms with E-state index in [0.29, 0.717) is 12.1 Å². The molecule has 0 aliphatic carbocycles. The van der Waals surface area contributed by atoms with Crippen LogP contribution in [0.15, 0.2) is 28.7 Å². The van der Waals surface area contributed by atoms with Crippen LogP contribution in [0.25, 0.3) is 11.5 Å². The smallest absolute Gasteiger partial charge is 0.376 e. The number of halogens is 1. The Kier molecular flexibility index (Phi) is 3.94. The summed E-state index contributed by atoms with van der Waals surface area (Å²) in [5.74, 6) is -0.878. The Labute approximate surface area is 110 Å². The highest BCUT2D eigenvalue weighted by molar-refractivity contribution is 5.88. The van der Waals surface area contributed by atoms with Gasteiger partial charge in [0.2, 0.25) is 11.7 Å². The minimum atomic E-state index is -0.575. The predicted molar refractivity (Wildman–Crippen MR) is 67.2 cm³/mol. The van der Waals surface area contributed by atoms with Gasteiger partial charge in [-0.15, -0.1) is 0 Å². The number of carbonyl (C=O) groups excluding carboxylic acids is 1. The normalized spacial score (nSPS) is 10.5. The second-order valence-electron chi connectivity index (χ2n) is 3.85. The fourth-order valence-electron chi connectivity index (χ4n) is 1.70. The summed E-state index contributed by atoms with van der Waals surface area (Å²) >= 11 is 0. The summed E-state index contributed by atoms with van der Waals surface area (Å²) in [4.78, 5) is 15.9. The molecule has 4 nitrogen and oxygen atoms in total. The van der Waals surface area contributed by atoms with Crippen molar-refractivity contribution in [1.82, 2.24) is 4.98 Å². The molecule has 0 aliphatic heterocycles. The lowest BCUT2D eigenvalue weighted by molar-refractivity contribution is 0.0489. The van der Waals surface area contributed by atoms with Gasteiger partial charge in [-0.2, -0.15) is 0 Å². The number of nitrogens with zero attached hydrogens (tertiary/aromatic N) is 1. The summed E-state index contributed by atoms with van der Waals surface area (Å²) < 4.78 is 23.9. The lowest BCUT2D eigenvalue weighted by Crippen LogP contribution is -2.05. The molecule has 0 amide bonds. The molecule has 100 valence electrons. The summed E-state index contributed by atoms with van der Waals surface area (Å²) in [5.41, 5.74) is 0.699. The van der Waals surface area contributed by atoms with Gasteiger partial charge in [-0.25, -0.2) is 14.2 Å². The van der Waals surface area contributed by atoms with E-state index in [-0.39, 0.29) is 23.8 Å². The van der Waals surface area contributed by atoms with Crippen LogP contribution in [0.5, 0.6) is 0 Å². The van der Waals surface area contributed by atoms with Crippen molar-refractivity contribution in [1.29, 1.82) is 0 Å². The Morgan fingerprint density at radius 2 is 2.11 bits per heavy atom. The maximum Gasteiger partial charge on any atom is 0.376 e. The lowest BCUT2D eigenvalue weighted by atomic mass is 10.2. The number of carbonyl (C=O) groups is 1. The number of ether oxygens (including phenoxy) is 1. The molecule has 0 fully saturated rings. The minimum Gasteiger partial charge on any atom is -0.460 e. The molecule has 2 aromatic rings. The first-order chi connectivity index (χ1) is 9.17. The van der Waals surface area contributed by atoms with Crippen LogP contribution >= 0.6 is 0 Å². The monoisotopic (exact) mass is 263 g/mol. The minimum absolute atomic E-state index is 0.0441. The second-order valence-corrected chi connectivity index (χ2v) is 3.85. The van der Waals surface area contributed by atoms with E-state index in [2.05, 4.69) is 4.98 Å². The zero-order valence-electron chi connectivity index (χ0n) is 10.8. The predicted octanol–water partition coefficient (Wildman–Crippen LogP) is 3.22. The maximum absolute atomic E-state index is 13.7. The Balaban J connectivity index is 2.44. The Morgan fingerprint density at radius 3 is 2.74 bits per heavy atom. The van der Waals surface area contributed by atoms with Gasteiger partial charge in [-0.3, -0.25) is 0 Å². The van der Waals surface area contributed by atoms with Gasteiger partial charge in [0.1, 0.15) is 5.82 Å². The summed E-state index contributed by atoms with van der Waals surface area (Å²) in [6.07, 6.45) is 0.506. The summed E-state index contributed by atoms with van der Waals surface area (Å²) in [5, 5.41) is 0. The summed E-state index contributed by atoms with van der Waals surface area (Å²) in [6.45, 7) is 3.79. The second kappa shape index (κ2) is 5.65. The molecule has 1 aromatic carbocycles. The van der Waals surface area contributed by atoms with Gasteiger partial charge in [0.05, 0.1) is 17.9 Å². The van der Waals surface area contributed by atoms with Crippen LogP contribution < -0.4 is 0 Å². The number of aryl methyl sites for hydroxylation is 1. The molecule has 19 heavy (non-hydrogen) atoms. The Hall–Kier alpha value is -2.17. The first-order valence-electron chi connectivity index (χ1n) is 6.09. The summed E-state index contributed by atoms with van der Waals surface area (Å²) in [7, 11) is 0. The van der Waals surface area contributed by atoms with Crippen molar-refractivity contribution in [2.45, 2.75) is 20.3 Å². The van der Waals surface area contributed by atoms with Crippen LogP contribution in [0.4, 0.5) is 4.39 Å². The van der Waals surface area contributed by atoms with E-state index in [1.165, 1.54) is 6.07 Å². The van der Waals surface area contributed by atoms with Crippen LogP contribution in [0, 0.1) is 5.82 Å². The van der Waals surface area contributed by atoms with E-state index in [4.69, 9.17) is 9.15 Å². The Morgan fingerprint density at radius 1 is 1.37 bits per heavy atom. The molecular weight excluding hydrogens is 249 g/mol. The van der Waals surface area contributed by atoms with Gasteiger partial charge in [0.25, 0.3) is 0 Å². The molecule has 0 N–H and O–H groups in total. The van der Waals surface area contributed by atoms with Gasteiger partial charge in [0, 0.05) is 0 Å². The highest BCUT2D eigenvalue weighted by Gasteiger charge is 2.22. The van der Waals surface area contributed by atoms with Gasteiger partial charge in [-0.1, -0.05) is 19.1 Å². The number of oxazole rings is 1. The number of hydrogen-bond acceptors (Lipinski definition) is 4. The third-order valence-corrected chi connectivity index (χ3v) is 2.60. The number of rotatable bonds is 4. The van der Waals surface area contributed by atoms with Crippen LogP contribution in [0.2, 0.25) is 0 Å². The van der Waals surface area contributed by atoms with Gasteiger partial charge >= 0.3 is 5.97 Å². The molecule has 0 radical (unpaired) electrons. The SMILES string of the molecule is CCOC(=O)c1oc(-c2ccccc2F)nc1CC. The molecular formula is C14H14FNO3. The molecule has 0 atom stereocenters. The maximum atomic E-state index is 13.7. The molecule has 5 heteroatoms. The zero-order valence-corrected chi connectivity index (χ0v) is 10.8. The van der Waals surface area contributed by atoms with E-state index in [0.717, 1.165) is 0 Å². The van der Waals surface area contributed by atoms with E-state index in [1.54, 1.807) is 25.1 Å². The third kappa shape index (κ3) is 2.65. The number of hydrogen-bond donors (Lipinski definition) is 0. The molecule has 0 unspecified atom stereocenters. The van der Waals surface area contributed by atoms with Crippen molar-refractivity contribution in [3.8, 4) is 11.5 Å². The molecule has 1 heterocycles. The molecule has 0 bridgehead atoms. The number of esters is 1. The largest absolute Gasteiger partial charge is 0.460 e. The van der Waals surface area contributed by atoms with Gasteiger partial charge in [0.15, 0.2) is 0 Å². The zero-order chi connectivity index (χ0) is 13.8. The van der Waals surface area contributed by atoms with E-state index >= 15 is 0 Å². The van der Waals surface area contributed by atoms with Crippen molar-refractivity contribution < 1.29 is 18.3 Å². The average molecular weight is 263 g/mol. The summed E-state index contributed by atoms with van der Waals surface area (Å²) in [6, 6.07) is 6.12. The number of benzene rings is 1. The fourth-order valence-corrected chi connectivity index (χ4v) is 1.70. The fraction of sp³-hybridized carbons (Fsp3) is 0.286.